The second-order valence-corrected chi connectivity index (χ2v) is 8.44. The van der Waals surface area contributed by atoms with Gasteiger partial charge in [-0.1, -0.05) is 13.8 Å². The number of phenolic OH excluding ortho intramolecular Hbond substituents is 3. The quantitative estimate of drug-likeness (QED) is 0.147. The normalized spacial score (nSPS) is 32.1. The topological polar surface area (TPSA) is 154 Å². The molecule has 0 saturated carbocycles. The third kappa shape index (κ3) is 2.74. The highest BCUT2D eigenvalue weighted by molar-refractivity contribution is 6.16. The molecule has 4 unspecified atom stereocenters. The summed E-state index contributed by atoms with van der Waals surface area (Å²) in [4.78, 5) is 1.21. The summed E-state index contributed by atoms with van der Waals surface area (Å²) in [5.74, 6) is -5.40. The highest BCUT2D eigenvalue weighted by atomic mass is 16.6. The molecule has 0 aromatic heterocycles. The molecule has 1 fully saturated rings. The molecule has 0 aliphatic carbocycles. The van der Waals surface area contributed by atoms with Crippen molar-refractivity contribution in [2.24, 2.45) is 11.8 Å². The highest BCUT2D eigenvalue weighted by Gasteiger charge is 2.62. The van der Waals surface area contributed by atoms with Crippen molar-refractivity contribution in [3.05, 3.63) is 11.1 Å². The average Bonchev–Trinajstić information content (AvgIpc) is 2.58. The lowest BCUT2D eigenvalue weighted by Crippen LogP contribution is -2.69. The molecule has 0 bridgehead atoms. The number of fused-ring (bicyclic) bond motifs is 3. The van der Waals surface area contributed by atoms with Crippen LogP contribution in [-0.4, -0.2) is 74.2 Å². The lowest BCUT2D eigenvalue weighted by atomic mass is 9.64. The Morgan fingerprint density at radius 1 is 1.14 bits per heavy atom. The van der Waals surface area contributed by atoms with E-state index >= 15 is 0 Å². The molecule has 1 saturated heterocycles. The van der Waals surface area contributed by atoms with Crippen LogP contribution in [0.15, 0.2) is 0 Å². The van der Waals surface area contributed by atoms with Gasteiger partial charge >= 0.3 is 0 Å². The number of aliphatic hydroxyl groups is 4. The van der Waals surface area contributed by atoms with Crippen LogP contribution in [0.2, 0.25) is 0 Å². The first-order valence-electron chi connectivity index (χ1n) is 9.33. The van der Waals surface area contributed by atoms with Crippen LogP contribution in [0, 0.1) is 11.8 Å². The molecule has 1 aromatic carbocycles. The first kappa shape index (κ1) is 21.0. The zero-order chi connectivity index (χ0) is 21.2. The van der Waals surface area contributed by atoms with Crippen LogP contribution in [0.1, 0.15) is 43.9 Å². The molecular weight excluding hydrogens is 369 g/mol. The summed E-state index contributed by atoms with van der Waals surface area (Å²) in [7, 11) is 2.27. The van der Waals surface area contributed by atoms with E-state index in [0.717, 1.165) is 7.85 Å². The van der Waals surface area contributed by atoms with Crippen molar-refractivity contribution < 1.29 is 40.5 Å². The van der Waals surface area contributed by atoms with E-state index in [-0.39, 0.29) is 30.4 Å². The highest BCUT2D eigenvalue weighted by Crippen LogP contribution is 2.60. The average molecular weight is 397 g/mol. The molecule has 9 nitrogen and oxygen atoms in total. The van der Waals surface area contributed by atoms with Gasteiger partial charge in [0.2, 0.25) is 11.5 Å². The summed E-state index contributed by atoms with van der Waals surface area (Å²) in [6, 6.07) is -0.927. The summed E-state index contributed by atoms with van der Waals surface area (Å²) >= 11 is 0. The smallest absolute Gasteiger partial charge is 0.251 e. The van der Waals surface area contributed by atoms with Gasteiger partial charge in [0.1, 0.15) is 5.50 Å². The molecule has 156 valence electrons. The Labute approximate surface area is 163 Å². The lowest BCUT2D eigenvalue weighted by Gasteiger charge is -2.56. The predicted octanol–water partition coefficient (Wildman–Crippen LogP) is -0.988. The van der Waals surface area contributed by atoms with Gasteiger partial charge < -0.3 is 40.5 Å². The van der Waals surface area contributed by atoms with Crippen molar-refractivity contribution in [3.63, 3.8) is 0 Å². The van der Waals surface area contributed by atoms with Crippen LogP contribution < -0.4 is 4.74 Å². The first-order valence-corrected chi connectivity index (χ1v) is 9.33. The second kappa shape index (κ2) is 6.67. The first-order chi connectivity index (χ1) is 12.9. The number of ether oxygens (including phenoxy) is 1. The molecule has 10 heteroatoms. The van der Waals surface area contributed by atoms with Crippen molar-refractivity contribution in [3.8, 4) is 23.0 Å². The van der Waals surface area contributed by atoms with Gasteiger partial charge in [0.15, 0.2) is 19.3 Å². The number of nitrogens with zero attached hydrogens (tertiary/aromatic N) is 1. The van der Waals surface area contributed by atoms with E-state index in [1.807, 2.05) is 13.8 Å². The van der Waals surface area contributed by atoms with Gasteiger partial charge in [-0.05, 0) is 24.7 Å². The van der Waals surface area contributed by atoms with E-state index in [9.17, 15) is 35.7 Å². The van der Waals surface area contributed by atoms with Gasteiger partial charge in [-0.25, -0.2) is 4.90 Å². The molecule has 28 heavy (non-hydrogen) atoms. The molecule has 2 aliphatic heterocycles. The summed E-state index contributed by atoms with van der Waals surface area (Å²) in [5, 5.41) is 74.7. The third-order valence-electron chi connectivity index (χ3n) is 6.08. The van der Waals surface area contributed by atoms with Gasteiger partial charge in [0.05, 0.1) is 13.2 Å². The van der Waals surface area contributed by atoms with E-state index in [1.165, 1.54) is 12.0 Å². The molecule has 2 aliphatic rings. The van der Waals surface area contributed by atoms with Crippen LogP contribution in [0.3, 0.4) is 0 Å². The molecule has 2 heterocycles. The summed E-state index contributed by atoms with van der Waals surface area (Å²) < 4.78 is 4.98. The number of rotatable bonds is 3. The minimum Gasteiger partial charge on any atom is -0.504 e. The standard InChI is InChI=1S/C18H28BNO8/c1-7(2)4-8-6-20-9(5-10(8)21)11-12(17(19,25)18(20,26)27)14(23)15(24)16(28-3)13(11)22/h7-10,21-27H,4-6,19H2,1-3H3. The lowest BCUT2D eigenvalue weighted by molar-refractivity contribution is -0.357. The largest absolute Gasteiger partial charge is 0.504 e. The third-order valence-corrected chi connectivity index (χ3v) is 6.08. The zero-order valence-corrected chi connectivity index (χ0v) is 16.4. The molecular formula is C18H28BNO8. The number of aromatic hydroxyl groups is 3. The molecule has 0 amide bonds. The van der Waals surface area contributed by atoms with Crippen molar-refractivity contribution in [2.45, 2.75) is 50.2 Å². The van der Waals surface area contributed by atoms with Crippen molar-refractivity contribution in [1.29, 1.82) is 0 Å². The predicted molar refractivity (Wildman–Crippen MR) is 101 cm³/mol. The van der Waals surface area contributed by atoms with E-state index in [4.69, 9.17) is 4.74 Å². The summed E-state index contributed by atoms with van der Waals surface area (Å²) in [6.45, 7) is 4.03. The van der Waals surface area contributed by atoms with Crippen LogP contribution >= 0.6 is 0 Å². The number of hydrogen-bond donors (Lipinski definition) is 7. The Hall–Kier alpha value is -1.72. The SMILES string of the molecule is BC1(O)c2c(O)c(O)c(OC)c(O)c2C2CC(O)C(CC(C)C)CN2C1(O)O. The fraction of sp³-hybridized carbons (Fsp3) is 0.667. The van der Waals surface area contributed by atoms with Gasteiger partial charge in [0, 0.05) is 23.7 Å². The molecule has 0 radical (unpaired) electrons. The fourth-order valence-electron chi connectivity index (χ4n) is 4.67. The number of phenols is 3. The minimum absolute atomic E-state index is 0.0158. The maximum Gasteiger partial charge on any atom is 0.251 e. The molecule has 4 atom stereocenters. The van der Waals surface area contributed by atoms with E-state index in [2.05, 4.69) is 0 Å². The Balaban J connectivity index is 2.24. The van der Waals surface area contributed by atoms with Crippen LogP contribution in [-0.2, 0) is 5.50 Å². The van der Waals surface area contributed by atoms with Gasteiger partial charge in [-0.2, -0.15) is 0 Å². The fourth-order valence-corrected chi connectivity index (χ4v) is 4.67. The van der Waals surface area contributed by atoms with Gasteiger partial charge in [-0.15, -0.1) is 0 Å². The van der Waals surface area contributed by atoms with E-state index < -0.39 is 52.1 Å². The molecule has 3 rings (SSSR count). The number of piperidine rings is 1. The van der Waals surface area contributed by atoms with Gasteiger partial charge in [-0.3, -0.25) is 0 Å². The number of benzene rings is 1. The molecule has 7 N–H and O–H groups in total. The van der Waals surface area contributed by atoms with Crippen LogP contribution in [0.4, 0.5) is 0 Å². The van der Waals surface area contributed by atoms with Crippen LogP contribution in [0.25, 0.3) is 0 Å². The van der Waals surface area contributed by atoms with Crippen molar-refractivity contribution in [1.82, 2.24) is 4.90 Å². The van der Waals surface area contributed by atoms with Gasteiger partial charge in [0.25, 0.3) is 5.91 Å². The maximum atomic E-state index is 11.0. The van der Waals surface area contributed by atoms with Crippen molar-refractivity contribution in [2.75, 3.05) is 13.7 Å². The summed E-state index contributed by atoms with van der Waals surface area (Å²) in [6.07, 6.45) is -0.132. The number of aliphatic hydroxyl groups excluding tert-OH is 1. The Kier molecular flexibility index (Phi) is 5.00. The number of hydrogen-bond acceptors (Lipinski definition) is 9. The monoisotopic (exact) mass is 397 g/mol. The summed E-state index contributed by atoms with van der Waals surface area (Å²) in [5.41, 5.74) is -2.88. The van der Waals surface area contributed by atoms with Crippen LogP contribution in [0.5, 0.6) is 23.0 Å². The second-order valence-electron chi connectivity index (χ2n) is 8.44. The molecule has 1 aromatic rings. The Bertz CT molecular complexity index is 782. The van der Waals surface area contributed by atoms with E-state index in [0.29, 0.717) is 6.42 Å². The van der Waals surface area contributed by atoms with E-state index in [1.54, 1.807) is 0 Å². The zero-order valence-electron chi connectivity index (χ0n) is 16.4. The Morgan fingerprint density at radius 2 is 1.75 bits per heavy atom. The maximum absolute atomic E-state index is 11.0. The molecule has 0 spiro atoms. The number of methoxy groups -OCH3 is 1. The van der Waals surface area contributed by atoms with Crippen molar-refractivity contribution >= 4 is 7.85 Å². The Morgan fingerprint density at radius 3 is 2.29 bits per heavy atom. The minimum atomic E-state index is -2.81.